The first kappa shape index (κ1) is 13.6. The van der Waals surface area contributed by atoms with Crippen LogP contribution in [-0.4, -0.2) is 17.3 Å². The van der Waals surface area contributed by atoms with Crippen molar-refractivity contribution in [1.82, 2.24) is 0 Å². The average molecular weight is 290 g/mol. The van der Waals surface area contributed by atoms with Crippen LogP contribution in [0.25, 0.3) is 0 Å². The molecule has 0 heterocycles. The summed E-state index contributed by atoms with van der Waals surface area (Å²) >= 11 is 3.29. The molecule has 0 fully saturated rings. The van der Waals surface area contributed by atoms with Gasteiger partial charge in [0.2, 0.25) is 0 Å². The van der Waals surface area contributed by atoms with Crippen molar-refractivity contribution in [1.29, 1.82) is 0 Å². The summed E-state index contributed by atoms with van der Waals surface area (Å²) in [4.78, 5) is 0. The molecule has 90 valence electrons. The number of benzene rings is 1. The van der Waals surface area contributed by atoms with E-state index in [-0.39, 0.29) is 18.3 Å². The Bertz CT molecular complexity index is 370. The van der Waals surface area contributed by atoms with Crippen LogP contribution in [-0.2, 0) is 6.42 Å². The van der Waals surface area contributed by atoms with Gasteiger partial charge >= 0.3 is 0 Å². The molecule has 0 aliphatic rings. The Morgan fingerprint density at radius 1 is 1.50 bits per heavy atom. The Morgan fingerprint density at radius 3 is 2.56 bits per heavy atom. The summed E-state index contributed by atoms with van der Waals surface area (Å²) in [6.45, 7) is 4.03. The molecule has 3 N–H and O–H groups in total. The number of nitrogens with two attached hydrogens (primary N) is 1. The molecule has 1 rings (SSSR count). The van der Waals surface area contributed by atoms with Gasteiger partial charge in [-0.05, 0) is 23.6 Å². The van der Waals surface area contributed by atoms with Crippen LogP contribution < -0.4 is 5.73 Å². The van der Waals surface area contributed by atoms with Crippen LogP contribution in [0.5, 0.6) is 0 Å². The molecule has 0 saturated carbocycles. The number of rotatable bonds is 4. The SMILES string of the molecule is CC(C)C(O)(CN)Cc1ccc(F)cc1Br. The van der Waals surface area contributed by atoms with Crippen LogP contribution in [0.4, 0.5) is 4.39 Å². The highest BCUT2D eigenvalue weighted by Crippen LogP contribution is 2.26. The van der Waals surface area contributed by atoms with Crippen molar-refractivity contribution in [3.05, 3.63) is 34.1 Å². The summed E-state index contributed by atoms with van der Waals surface area (Å²) < 4.78 is 13.6. The third-order valence-corrected chi connectivity index (χ3v) is 3.68. The molecule has 0 radical (unpaired) electrons. The van der Waals surface area contributed by atoms with Gasteiger partial charge in [-0.25, -0.2) is 4.39 Å². The molecule has 1 aromatic carbocycles. The van der Waals surface area contributed by atoms with Crippen LogP contribution in [0.2, 0.25) is 0 Å². The third kappa shape index (κ3) is 3.03. The summed E-state index contributed by atoms with van der Waals surface area (Å²) in [5.41, 5.74) is 5.52. The van der Waals surface area contributed by atoms with Gasteiger partial charge in [-0.1, -0.05) is 35.8 Å². The van der Waals surface area contributed by atoms with Gasteiger partial charge in [0, 0.05) is 17.4 Å². The first-order chi connectivity index (χ1) is 7.39. The van der Waals surface area contributed by atoms with Crippen LogP contribution in [0, 0.1) is 11.7 Å². The molecular formula is C12H17BrFNO. The summed E-state index contributed by atoms with van der Waals surface area (Å²) in [6, 6.07) is 4.45. The van der Waals surface area contributed by atoms with E-state index in [9.17, 15) is 9.50 Å². The van der Waals surface area contributed by atoms with Crippen LogP contribution in [0.15, 0.2) is 22.7 Å². The minimum Gasteiger partial charge on any atom is -0.388 e. The summed E-state index contributed by atoms with van der Waals surface area (Å²) in [5.74, 6) is -0.245. The van der Waals surface area contributed by atoms with Gasteiger partial charge in [-0.2, -0.15) is 0 Å². The molecule has 0 aromatic heterocycles. The van der Waals surface area contributed by atoms with Crippen molar-refractivity contribution in [2.75, 3.05) is 6.54 Å². The van der Waals surface area contributed by atoms with E-state index >= 15 is 0 Å². The van der Waals surface area contributed by atoms with Crippen LogP contribution in [0.1, 0.15) is 19.4 Å². The van der Waals surface area contributed by atoms with Crippen molar-refractivity contribution >= 4 is 15.9 Å². The first-order valence-electron chi connectivity index (χ1n) is 5.25. The van der Waals surface area contributed by atoms with Crippen molar-refractivity contribution in [2.45, 2.75) is 25.9 Å². The van der Waals surface area contributed by atoms with Gasteiger partial charge in [0.05, 0.1) is 5.60 Å². The lowest BCUT2D eigenvalue weighted by molar-refractivity contribution is 0.00392. The molecule has 0 saturated heterocycles. The van der Waals surface area contributed by atoms with E-state index in [1.807, 2.05) is 13.8 Å². The quantitative estimate of drug-likeness (QED) is 0.895. The highest BCUT2D eigenvalue weighted by atomic mass is 79.9. The maximum absolute atomic E-state index is 12.9. The van der Waals surface area contributed by atoms with Gasteiger partial charge < -0.3 is 10.8 Å². The van der Waals surface area contributed by atoms with E-state index in [0.717, 1.165) is 5.56 Å². The molecule has 16 heavy (non-hydrogen) atoms. The molecular weight excluding hydrogens is 273 g/mol. The smallest absolute Gasteiger partial charge is 0.124 e. The summed E-state index contributed by atoms with van der Waals surface area (Å²) in [7, 11) is 0. The molecule has 1 aromatic rings. The molecule has 1 atom stereocenters. The monoisotopic (exact) mass is 289 g/mol. The van der Waals surface area contributed by atoms with Crippen molar-refractivity contribution < 1.29 is 9.50 Å². The number of hydrogen-bond donors (Lipinski definition) is 2. The van der Waals surface area contributed by atoms with E-state index < -0.39 is 5.60 Å². The zero-order valence-corrected chi connectivity index (χ0v) is 11.1. The van der Waals surface area contributed by atoms with Crippen LogP contribution in [0.3, 0.4) is 0 Å². The fourth-order valence-electron chi connectivity index (χ4n) is 1.51. The van der Waals surface area contributed by atoms with E-state index in [2.05, 4.69) is 15.9 Å². The lowest BCUT2D eigenvalue weighted by atomic mass is 9.84. The normalized spacial score (nSPS) is 15.2. The summed E-state index contributed by atoms with van der Waals surface area (Å²) in [5, 5.41) is 10.3. The molecule has 0 aliphatic carbocycles. The summed E-state index contributed by atoms with van der Waals surface area (Å²) in [6.07, 6.45) is 0.419. The Balaban J connectivity index is 2.95. The maximum atomic E-state index is 12.9. The Morgan fingerprint density at radius 2 is 2.12 bits per heavy atom. The van der Waals surface area contributed by atoms with Crippen molar-refractivity contribution in [3.63, 3.8) is 0 Å². The predicted octanol–water partition coefficient (Wildman–Crippen LogP) is 2.48. The lowest BCUT2D eigenvalue weighted by Gasteiger charge is -2.31. The Hall–Kier alpha value is -0.450. The number of aliphatic hydroxyl groups is 1. The number of halogens is 2. The fourth-order valence-corrected chi connectivity index (χ4v) is 2.00. The second-order valence-corrected chi connectivity index (χ2v) is 5.23. The van der Waals surface area contributed by atoms with E-state index in [1.165, 1.54) is 12.1 Å². The number of hydrogen-bond acceptors (Lipinski definition) is 2. The highest BCUT2D eigenvalue weighted by molar-refractivity contribution is 9.10. The minimum atomic E-state index is -0.944. The zero-order chi connectivity index (χ0) is 12.3. The standard InChI is InChI=1S/C12H17BrFNO/c1-8(2)12(16,7-15)6-9-3-4-10(14)5-11(9)13/h3-5,8,16H,6-7,15H2,1-2H3. The van der Waals surface area contributed by atoms with Gasteiger partial charge in [0.1, 0.15) is 5.82 Å². The molecule has 0 bridgehead atoms. The topological polar surface area (TPSA) is 46.2 Å². The first-order valence-corrected chi connectivity index (χ1v) is 6.04. The minimum absolute atomic E-state index is 0.0504. The molecule has 0 aliphatic heterocycles. The maximum Gasteiger partial charge on any atom is 0.124 e. The predicted molar refractivity (Wildman–Crippen MR) is 66.6 cm³/mol. The zero-order valence-electron chi connectivity index (χ0n) is 9.50. The largest absolute Gasteiger partial charge is 0.388 e. The van der Waals surface area contributed by atoms with Crippen molar-refractivity contribution in [3.8, 4) is 0 Å². The molecule has 0 amide bonds. The molecule has 4 heteroatoms. The van der Waals surface area contributed by atoms with Gasteiger partial charge in [-0.3, -0.25) is 0 Å². The van der Waals surface area contributed by atoms with Gasteiger partial charge in [0.25, 0.3) is 0 Å². The van der Waals surface area contributed by atoms with E-state index in [4.69, 9.17) is 5.73 Å². The Labute approximate surface area is 104 Å². The van der Waals surface area contributed by atoms with Gasteiger partial charge in [0.15, 0.2) is 0 Å². The third-order valence-electron chi connectivity index (χ3n) is 2.94. The van der Waals surface area contributed by atoms with Gasteiger partial charge in [-0.15, -0.1) is 0 Å². The van der Waals surface area contributed by atoms with Crippen molar-refractivity contribution in [2.24, 2.45) is 11.7 Å². The lowest BCUT2D eigenvalue weighted by Crippen LogP contribution is -2.44. The molecule has 0 spiro atoms. The fraction of sp³-hybridized carbons (Fsp3) is 0.500. The highest BCUT2D eigenvalue weighted by Gasteiger charge is 2.30. The van der Waals surface area contributed by atoms with E-state index in [1.54, 1.807) is 6.07 Å². The second kappa shape index (κ2) is 5.25. The molecule has 1 unspecified atom stereocenters. The Kier molecular flexibility index (Phi) is 4.47. The second-order valence-electron chi connectivity index (χ2n) is 4.37. The molecule has 2 nitrogen and oxygen atoms in total. The van der Waals surface area contributed by atoms with E-state index in [0.29, 0.717) is 10.9 Å². The average Bonchev–Trinajstić information content (AvgIpc) is 2.22. The van der Waals surface area contributed by atoms with Crippen LogP contribution >= 0.6 is 15.9 Å².